The molecule has 8 heteroatoms. The summed E-state index contributed by atoms with van der Waals surface area (Å²) in [5, 5.41) is 9.55. The van der Waals surface area contributed by atoms with E-state index in [2.05, 4.69) is 0 Å². The third-order valence-electron chi connectivity index (χ3n) is 3.74. The van der Waals surface area contributed by atoms with Gasteiger partial charge in [0.05, 0.1) is 17.7 Å². The van der Waals surface area contributed by atoms with E-state index in [1.165, 1.54) is 31.4 Å². The maximum Gasteiger partial charge on any atom is 0.324 e. The maximum atomic E-state index is 13.1. The van der Waals surface area contributed by atoms with Gasteiger partial charge in [0.15, 0.2) is 0 Å². The van der Waals surface area contributed by atoms with E-state index in [9.17, 15) is 18.3 Å². The highest BCUT2D eigenvalue weighted by Crippen LogP contribution is 2.32. The molecule has 0 aliphatic carbocycles. The van der Waals surface area contributed by atoms with Crippen LogP contribution < -0.4 is 9.04 Å². The number of rotatable bonds is 6. The average molecular weight is 384 g/mol. The monoisotopic (exact) mass is 383 g/mol. The summed E-state index contributed by atoms with van der Waals surface area (Å²) in [7, 11) is -2.61. The van der Waals surface area contributed by atoms with Crippen molar-refractivity contribution in [2.45, 2.75) is 18.7 Å². The molecule has 0 atom stereocenters. The summed E-state index contributed by atoms with van der Waals surface area (Å²) in [5.41, 5.74) is 1.34. The lowest BCUT2D eigenvalue weighted by Crippen LogP contribution is -2.36. The van der Waals surface area contributed by atoms with Crippen molar-refractivity contribution >= 4 is 33.3 Å². The quantitative estimate of drug-likeness (QED) is 0.827. The van der Waals surface area contributed by atoms with E-state index in [1.54, 1.807) is 26.0 Å². The van der Waals surface area contributed by atoms with E-state index >= 15 is 0 Å². The first-order valence-electron chi connectivity index (χ1n) is 7.32. The van der Waals surface area contributed by atoms with Gasteiger partial charge in [-0.2, -0.15) is 0 Å². The molecule has 2 aromatic carbocycles. The van der Waals surface area contributed by atoms with Crippen LogP contribution in [-0.4, -0.2) is 33.1 Å². The molecular weight excluding hydrogens is 366 g/mol. The van der Waals surface area contributed by atoms with Gasteiger partial charge in [-0.05, 0) is 55.3 Å². The SMILES string of the molecule is COc1ccc(S(=O)(=O)N(CC(=O)O)c2cccc(Cl)c2C)cc1C. The fraction of sp³-hybridized carbons (Fsp3) is 0.235. The number of aryl methyl sites for hydroxylation is 1. The van der Waals surface area contributed by atoms with Crippen molar-refractivity contribution in [1.29, 1.82) is 0 Å². The summed E-state index contributed by atoms with van der Waals surface area (Å²) < 4.78 is 32.1. The predicted octanol–water partition coefficient (Wildman–Crippen LogP) is 3.25. The molecule has 6 nitrogen and oxygen atoms in total. The number of anilines is 1. The molecule has 0 bridgehead atoms. The number of hydrogen-bond donors (Lipinski definition) is 1. The smallest absolute Gasteiger partial charge is 0.324 e. The summed E-state index contributed by atoms with van der Waals surface area (Å²) in [5.74, 6) is -0.726. The van der Waals surface area contributed by atoms with Crippen molar-refractivity contribution in [3.63, 3.8) is 0 Å². The molecule has 0 heterocycles. The number of carbonyl (C=O) groups is 1. The third-order valence-corrected chi connectivity index (χ3v) is 5.91. The molecule has 0 saturated heterocycles. The Morgan fingerprint density at radius 3 is 2.48 bits per heavy atom. The molecule has 2 rings (SSSR count). The van der Waals surface area contributed by atoms with E-state index in [0.29, 0.717) is 21.9 Å². The van der Waals surface area contributed by atoms with Gasteiger partial charge < -0.3 is 9.84 Å². The lowest BCUT2D eigenvalue weighted by molar-refractivity contribution is -0.135. The van der Waals surface area contributed by atoms with Gasteiger partial charge in [0.2, 0.25) is 0 Å². The molecule has 0 unspecified atom stereocenters. The van der Waals surface area contributed by atoms with Crippen molar-refractivity contribution < 1.29 is 23.1 Å². The van der Waals surface area contributed by atoms with Crippen molar-refractivity contribution in [1.82, 2.24) is 0 Å². The highest BCUT2D eigenvalue weighted by atomic mass is 35.5. The molecule has 0 spiro atoms. The second kappa shape index (κ2) is 7.33. The summed E-state index contributed by atoms with van der Waals surface area (Å²) in [6, 6.07) is 9.08. The second-order valence-corrected chi connectivity index (χ2v) is 7.69. The molecule has 0 fully saturated rings. The summed E-state index contributed by atoms with van der Waals surface area (Å²) >= 11 is 6.07. The van der Waals surface area contributed by atoms with Crippen molar-refractivity contribution in [3.8, 4) is 5.75 Å². The molecule has 0 amide bonds. The van der Waals surface area contributed by atoms with E-state index < -0.39 is 22.5 Å². The van der Waals surface area contributed by atoms with E-state index in [4.69, 9.17) is 16.3 Å². The highest BCUT2D eigenvalue weighted by Gasteiger charge is 2.29. The zero-order valence-corrected chi connectivity index (χ0v) is 15.6. The van der Waals surface area contributed by atoms with Gasteiger partial charge in [-0.1, -0.05) is 17.7 Å². The molecule has 0 saturated carbocycles. The minimum atomic E-state index is -4.10. The van der Waals surface area contributed by atoms with Crippen LogP contribution in [0.4, 0.5) is 5.69 Å². The molecule has 1 N–H and O–H groups in total. The lowest BCUT2D eigenvalue weighted by atomic mass is 10.2. The molecule has 0 aliphatic rings. The Morgan fingerprint density at radius 1 is 1.24 bits per heavy atom. The van der Waals surface area contributed by atoms with Crippen molar-refractivity contribution in [2.75, 3.05) is 18.0 Å². The van der Waals surface area contributed by atoms with E-state index in [0.717, 1.165) is 4.31 Å². The average Bonchev–Trinajstić information content (AvgIpc) is 2.55. The fourth-order valence-corrected chi connectivity index (χ4v) is 4.15. The van der Waals surface area contributed by atoms with Gasteiger partial charge in [-0.3, -0.25) is 9.10 Å². The summed E-state index contributed by atoms with van der Waals surface area (Å²) in [6.07, 6.45) is 0. The predicted molar refractivity (Wildman–Crippen MR) is 96.1 cm³/mol. The molecule has 0 aliphatic heterocycles. The topological polar surface area (TPSA) is 83.9 Å². The Labute approximate surface area is 151 Å². The molecule has 25 heavy (non-hydrogen) atoms. The Hall–Kier alpha value is -2.25. The van der Waals surface area contributed by atoms with Crippen LogP contribution in [0.5, 0.6) is 5.75 Å². The zero-order chi connectivity index (χ0) is 18.8. The number of aliphatic carboxylic acids is 1. The molecule has 0 aromatic heterocycles. The number of sulfonamides is 1. The summed E-state index contributed by atoms with van der Waals surface area (Å²) in [4.78, 5) is 11.2. The van der Waals surface area contributed by atoms with Gasteiger partial charge >= 0.3 is 5.97 Å². The molecular formula is C17H18ClNO5S. The number of carboxylic acid groups (broad SMARTS) is 1. The Kier molecular flexibility index (Phi) is 5.59. The number of carboxylic acids is 1. The first kappa shape index (κ1) is 19.1. The first-order valence-corrected chi connectivity index (χ1v) is 9.14. The molecule has 134 valence electrons. The van der Waals surface area contributed by atoms with Crippen LogP contribution >= 0.6 is 11.6 Å². The zero-order valence-electron chi connectivity index (χ0n) is 14.0. The fourth-order valence-electron chi connectivity index (χ4n) is 2.43. The van der Waals surface area contributed by atoms with Crippen LogP contribution in [0.15, 0.2) is 41.3 Å². The third kappa shape index (κ3) is 3.88. The number of methoxy groups -OCH3 is 1. The number of hydrogen-bond acceptors (Lipinski definition) is 4. The van der Waals surface area contributed by atoms with Crippen LogP contribution in [0.1, 0.15) is 11.1 Å². The van der Waals surface area contributed by atoms with Crippen LogP contribution in [0.2, 0.25) is 5.02 Å². The van der Waals surface area contributed by atoms with Gasteiger partial charge in [-0.15, -0.1) is 0 Å². The molecule has 2 aromatic rings. The Balaban J connectivity index is 2.62. The number of ether oxygens (including phenoxy) is 1. The van der Waals surface area contributed by atoms with Crippen molar-refractivity contribution in [3.05, 3.63) is 52.5 Å². The Morgan fingerprint density at radius 2 is 1.92 bits per heavy atom. The lowest BCUT2D eigenvalue weighted by Gasteiger charge is -2.25. The highest BCUT2D eigenvalue weighted by molar-refractivity contribution is 7.92. The normalized spacial score (nSPS) is 11.2. The minimum Gasteiger partial charge on any atom is -0.496 e. The van der Waals surface area contributed by atoms with Crippen LogP contribution in [0.3, 0.4) is 0 Å². The van der Waals surface area contributed by atoms with Crippen LogP contribution in [0, 0.1) is 13.8 Å². The molecule has 0 radical (unpaired) electrons. The first-order chi connectivity index (χ1) is 11.7. The van der Waals surface area contributed by atoms with Crippen molar-refractivity contribution in [2.24, 2.45) is 0 Å². The van der Waals surface area contributed by atoms with E-state index in [1.807, 2.05) is 0 Å². The van der Waals surface area contributed by atoms with E-state index in [-0.39, 0.29) is 10.6 Å². The number of halogens is 1. The number of nitrogens with zero attached hydrogens (tertiary/aromatic N) is 1. The Bertz CT molecular complexity index is 911. The number of benzene rings is 2. The maximum absolute atomic E-state index is 13.1. The van der Waals surface area contributed by atoms with Gasteiger partial charge in [0.25, 0.3) is 10.0 Å². The standard InChI is InChI=1S/C17H18ClNO5S/c1-11-9-13(7-8-16(11)24-3)25(22,23)19(10-17(20)21)15-6-4-5-14(18)12(15)2/h4-9H,10H2,1-3H3,(H,20,21). The van der Waals surface area contributed by atoms with Gasteiger partial charge in [0, 0.05) is 5.02 Å². The van der Waals surface area contributed by atoms with Gasteiger partial charge in [0.1, 0.15) is 12.3 Å². The van der Waals surface area contributed by atoms with Gasteiger partial charge in [-0.25, -0.2) is 8.42 Å². The second-order valence-electron chi connectivity index (χ2n) is 5.42. The minimum absolute atomic E-state index is 0.0218. The van der Waals surface area contributed by atoms with Crippen LogP contribution in [-0.2, 0) is 14.8 Å². The summed E-state index contributed by atoms with van der Waals surface area (Å²) in [6.45, 7) is 2.64. The largest absolute Gasteiger partial charge is 0.496 e. The van der Waals surface area contributed by atoms with Crippen LogP contribution in [0.25, 0.3) is 0 Å².